The second kappa shape index (κ2) is 6.97. The molecule has 1 atom stereocenters. The van der Waals surface area contributed by atoms with Crippen molar-refractivity contribution in [3.8, 4) is 0 Å². The first-order valence-electron chi connectivity index (χ1n) is 8.32. The lowest BCUT2D eigenvalue weighted by molar-refractivity contribution is -0.125. The van der Waals surface area contributed by atoms with E-state index in [9.17, 15) is 18.0 Å². The zero-order chi connectivity index (χ0) is 18.9. The summed E-state index contributed by atoms with van der Waals surface area (Å²) in [6.45, 7) is 0.939. The highest BCUT2D eigenvalue weighted by atomic mass is 32.2. The number of rotatable bonds is 3. The van der Waals surface area contributed by atoms with Gasteiger partial charge in [-0.2, -0.15) is 4.31 Å². The Kier molecular flexibility index (Phi) is 5.04. The molecule has 1 aromatic heterocycles. The number of sulfonamides is 1. The number of carbonyl (C=O) groups is 2. The Morgan fingerprint density at radius 2 is 2.12 bits per heavy atom. The molecule has 2 N–H and O–H groups in total. The van der Waals surface area contributed by atoms with Crippen LogP contribution in [0, 0.1) is 0 Å². The second-order valence-corrected chi connectivity index (χ2v) is 8.87. The molecule has 0 saturated carbocycles. The van der Waals surface area contributed by atoms with Gasteiger partial charge >= 0.3 is 0 Å². The zero-order valence-electron chi connectivity index (χ0n) is 14.8. The van der Waals surface area contributed by atoms with Crippen molar-refractivity contribution in [3.63, 3.8) is 0 Å². The highest BCUT2D eigenvalue weighted by molar-refractivity contribution is 7.88. The normalized spacial score (nSPS) is 24.1. The number of ether oxygens (including phenoxy) is 1. The molecule has 2 saturated heterocycles. The fourth-order valence-corrected chi connectivity index (χ4v) is 4.15. The molecule has 0 bridgehead atoms. The predicted octanol–water partition coefficient (Wildman–Crippen LogP) is -1.54. The minimum atomic E-state index is -3.55. The largest absolute Gasteiger partial charge is 0.381 e. The maximum atomic E-state index is 12.7. The molecule has 3 rings (SSSR count). The quantitative estimate of drug-likeness (QED) is 0.650. The molecule has 1 spiro atoms. The molecule has 2 aliphatic rings. The number of amides is 2. The van der Waals surface area contributed by atoms with Gasteiger partial charge in [0.2, 0.25) is 15.9 Å². The molecule has 3 heterocycles. The van der Waals surface area contributed by atoms with Gasteiger partial charge in [0.1, 0.15) is 11.7 Å². The minimum Gasteiger partial charge on any atom is -0.381 e. The number of aryl methyl sites for hydroxylation is 1. The first-order valence-corrected chi connectivity index (χ1v) is 10.2. The SMILES string of the molecule is Cn1cnc(C(=O)NC2CN(S(C)(=O)=O)CC3(CCOCC3)NC2=O)c1. The van der Waals surface area contributed by atoms with E-state index in [1.165, 1.54) is 16.8 Å². The summed E-state index contributed by atoms with van der Waals surface area (Å²) >= 11 is 0. The van der Waals surface area contributed by atoms with Crippen LogP contribution in [0.5, 0.6) is 0 Å². The molecule has 2 fully saturated rings. The van der Waals surface area contributed by atoms with Gasteiger partial charge in [0.25, 0.3) is 5.91 Å². The third-order valence-electron chi connectivity index (χ3n) is 4.73. The van der Waals surface area contributed by atoms with Crippen LogP contribution in [-0.4, -0.2) is 78.2 Å². The molecule has 1 unspecified atom stereocenters. The lowest BCUT2D eigenvalue weighted by atomic mass is 9.90. The van der Waals surface area contributed by atoms with Crippen LogP contribution in [-0.2, 0) is 26.6 Å². The van der Waals surface area contributed by atoms with Crippen molar-refractivity contribution in [2.45, 2.75) is 24.4 Å². The van der Waals surface area contributed by atoms with Gasteiger partial charge in [-0.15, -0.1) is 0 Å². The molecule has 0 aromatic carbocycles. The van der Waals surface area contributed by atoms with E-state index >= 15 is 0 Å². The Bertz CT molecular complexity index is 799. The molecule has 1 aromatic rings. The van der Waals surface area contributed by atoms with Crippen molar-refractivity contribution in [2.75, 3.05) is 32.6 Å². The molecule has 0 radical (unpaired) electrons. The van der Waals surface area contributed by atoms with Crippen molar-refractivity contribution in [1.82, 2.24) is 24.5 Å². The van der Waals surface area contributed by atoms with Gasteiger partial charge < -0.3 is 19.9 Å². The number of nitrogens with zero attached hydrogens (tertiary/aromatic N) is 3. The van der Waals surface area contributed by atoms with Gasteiger partial charge in [-0.3, -0.25) is 9.59 Å². The highest BCUT2D eigenvalue weighted by Crippen LogP contribution is 2.25. The van der Waals surface area contributed by atoms with Crippen LogP contribution in [0.3, 0.4) is 0 Å². The van der Waals surface area contributed by atoms with E-state index in [0.717, 1.165) is 6.26 Å². The van der Waals surface area contributed by atoms with E-state index in [4.69, 9.17) is 4.74 Å². The first-order chi connectivity index (χ1) is 12.2. The topological polar surface area (TPSA) is 123 Å². The van der Waals surface area contributed by atoms with E-state index in [1.807, 2.05) is 0 Å². The maximum Gasteiger partial charge on any atom is 0.272 e. The average molecular weight is 385 g/mol. The number of hydrogen-bond acceptors (Lipinski definition) is 6. The van der Waals surface area contributed by atoms with Gasteiger partial charge in [-0.1, -0.05) is 0 Å². The Morgan fingerprint density at radius 3 is 2.69 bits per heavy atom. The zero-order valence-corrected chi connectivity index (χ0v) is 15.6. The Morgan fingerprint density at radius 1 is 1.42 bits per heavy atom. The number of imidazole rings is 1. The summed E-state index contributed by atoms with van der Waals surface area (Å²) in [5, 5.41) is 5.54. The molecule has 2 aliphatic heterocycles. The number of nitrogens with one attached hydrogen (secondary N) is 2. The van der Waals surface area contributed by atoms with Crippen LogP contribution in [0.1, 0.15) is 23.3 Å². The van der Waals surface area contributed by atoms with E-state index in [-0.39, 0.29) is 18.8 Å². The maximum absolute atomic E-state index is 12.7. The van der Waals surface area contributed by atoms with Crippen LogP contribution in [0.15, 0.2) is 12.5 Å². The summed E-state index contributed by atoms with van der Waals surface area (Å²) in [7, 11) is -1.82. The molecule has 144 valence electrons. The van der Waals surface area contributed by atoms with Gasteiger partial charge in [0.15, 0.2) is 0 Å². The summed E-state index contributed by atoms with van der Waals surface area (Å²) in [6, 6.07) is -0.999. The van der Waals surface area contributed by atoms with E-state index in [1.54, 1.807) is 11.6 Å². The molecule has 11 heteroatoms. The summed E-state index contributed by atoms with van der Waals surface area (Å²) in [5.41, 5.74) is -0.515. The Balaban J connectivity index is 1.83. The van der Waals surface area contributed by atoms with E-state index < -0.39 is 33.4 Å². The smallest absolute Gasteiger partial charge is 0.272 e. The van der Waals surface area contributed by atoms with Crippen LogP contribution in [0.2, 0.25) is 0 Å². The van der Waals surface area contributed by atoms with Crippen LogP contribution in [0.25, 0.3) is 0 Å². The molecular formula is C15H23N5O5S. The lowest BCUT2D eigenvalue weighted by Gasteiger charge is -2.38. The van der Waals surface area contributed by atoms with Crippen molar-refractivity contribution >= 4 is 21.8 Å². The summed E-state index contributed by atoms with van der Waals surface area (Å²) in [5.74, 6) is -0.926. The Labute approximate surface area is 151 Å². The standard InChI is InChI=1S/C15H23N5O5S/c1-19-7-11(16-10-19)13(21)17-12-8-20(26(2,23)24)9-15(18-14(12)22)3-5-25-6-4-15/h7,10,12H,3-6,8-9H2,1-2H3,(H,17,21)(H,18,22). The third kappa shape index (κ3) is 4.05. The summed E-state index contributed by atoms with van der Waals surface area (Å²) in [4.78, 5) is 29.0. The summed E-state index contributed by atoms with van der Waals surface area (Å²) < 4.78 is 32.6. The van der Waals surface area contributed by atoms with Crippen molar-refractivity contribution in [2.24, 2.45) is 7.05 Å². The van der Waals surface area contributed by atoms with Crippen LogP contribution >= 0.6 is 0 Å². The highest BCUT2D eigenvalue weighted by Gasteiger charge is 2.44. The fourth-order valence-electron chi connectivity index (χ4n) is 3.25. The fraction of sp³-hybridized carbons (Fsp3) is 0.667. The number of carbonyl (C=O) groups excluding carboxylic acids is 2. The number of aromatic nitrogens is 2. The Hall–Kier alpha value is -1.98. The van der Waals surface area contributed by atoms with Crippen LogP contribution < -0.4 is 10.6 Å². The minimum absolute atomic E-state index is 0.119. The average Bonchev–Trinajstić information content (AvgIpc) is 2.94. The van der Waals surface area contributed by atoms with Crippen molar-refractivity contribution in [3.05, 3.63) is 18.2 Å². The molecule has 0 aliphatic carbocycles. The second-order valence-electron chi connectivity index (χ2n) is 6.89. The van der Waals surface area contributed by atoms with Crippen LogP contribution in [0.4, 0.5) is 0 Å². The van der Waals surface area contributed by atoms with Gasteiger partial charge in [-0.05, 0) is 12.8 Å². The van der Waals surface area contributed by atoms with E-state index in [2.05, 4.69) is 15.6 Å². The monoisotopic (exact) mass is 385 g/mol. The third-order valence-corrected chi connectivity index (χ3v) is 5.95. The van der Waals surface area contributed by atoms with Gasteiger partial charge in [0, 0.05) is 39.5 Å². The van der Waals surface area contributed by atoms with Crippen molar-refractivity contribution < 1.29 is 22.7 Å². The predicted molar refractivity (Wildman–Crippen MR) is 91.8 cm³/mol. The van der Waals surface area contributed by atoms with Gasteiger partial charge in [0.05, 0.1) is 18.1 Å². The molecular weight excluding hydrogens is 362 g/mol. The lowest BCUT2D eigenvalue weighted by Crippen LogP contribution is -2.58. The molecule has 26 heavy (non-hydrogen) atoms. The molecule has 10 nitrogen and oxygen atoms in total. The summed E-state index contributed by atoms with van der Waals surface area (Å²) in [6.07, 6.45) is 5.14. The van der Waals surface area contributed by atoms with E-state index in [0.29, 0.717) is 26.1 Å². The van der Waals surface area contributed by atoms with Crippen molar-refractivity contribution in [1.29, 1.82) is 0 Å². The van der Waals surface area contributed by atoms with Gasteiger partial charge in [-0.25, -0.2) is 13.4 Å². The molecule has 2 amide bonds. The number of hydrogen-bond donors (Lipinski definition) is 2. The first kappa shape index (κ1) is 18.8.